The number of nitrogens with one attached hydrogen (secondary N) is 2. The third-order valence-corrected chi connectivity index (χ3v) is 9.04. The zero-order chi connectivity index (χ0) is 27.7. The van der Waals surface area contributed by atoms with Gasteiger partial charge in [-0.25, -0.2) is 9.78 Å². The molecule has 10 heteroatoms. The van der Waals surface area contributed by atoms with E-state index >= 15 is 0 Å². The molecule has 4 aliphatic rings. The summed E-state index contributed by atoms with van der Waals surface area (Å²) in [6.07, 6.45) is 3.66. The quantitative estimate of drug-likeness (QED) is 0.549. The fraction of sp³-hybridized carbons (Fsp3) is 0.567. The van der Waals surface area contributed by atoms with Crippen molar-refractivity contribution in [2.24, 2.45) is 0 Å². The van der Waals surface area contributed by atoms with Crippen LogP contribution in [0.4, 0.5) is 10.6 Å². The minimum Gasteiger partial charge on any atom is -0.497 e. The molecule has 1 unspecified atom stereocenters. The van der Waals surface area contributed by atoms with E-state index in [9.17, 15) is 9.59 Å². The van der Waals surface area contributed by atoms with Crippen molar-refractivity contribution in [2.45, 2.75) is 63.1 Å². The Morgan fingerprint density at radius 2 is 1.98 bits per heavy atom. The van der Waals surface area contributed by atoms with Crippen LogP contribution in [0.25, 0.3) is 0 Å². The van der Waals surface area contributed by atoms with Crippen LogP contribution in [0.2, 0.25) is 0 Å². The lowest BCUT2D eigenvalue weighted by Crippen LogP contribution is -2.56. The van der Waals surface area contributed by atoms with Crippen molar-refractivity contribution in [3.05, 3.63) is 53.2 Å². The molecule has 2 N–H and O–H groups in total. The van der Waals surface area contributed by atoms with E-state index < -0.39 is 0 Å². The number of methoxy groups -OCH3 is 1. The van der Waals surface area contributed by atoms with Crippen molar-refractivity contribution in [1.82, 2.24) is 25.6 Å². The van der Waals surface area contributed by atoms with Crippen LogP contribution < -0.4 is 20.5 Å². The number of anilines is 1. The fourth-order valence-electron chi connectivity index (χ4n) is 6.70. The molecule has 1 spiro atoms. The number of urea groups is 1. The van der Waals surface area contributed by atoms with Gasteiger partial charge in [-0.2, -0.15) is 0 Å². The van der Waals surface area contributed by atoms with Crippen molar-refractivity contribution in [3.8, 4) is 5.75 Å². The van der Waals surface area contributed by atoms with Crippen LogP contribution in [0.5, 0.6) is 5.75 Å². The second-order valence-electron chi connectivity index (χ2n) is 11.4. The molecule has 1 aromatic carbocycles. The van der Waals surface area contributed by atoms with Crippen molar-refractivity contribution >= 4 is 17.8 Å². The van der Waals surface area contributed by atoms with Crippen LogP contribution >= 0.6 is 0 Å². The van der Waals surface area contributed by atoms with E-state index in [2.05, 4.69) is 23.8 Å². The number of hydrogen-bond acceptors (Lipinski definition) is 7. The zero-order valence-corrected chi connectivity index (χ0v) is 23.5. The Morgan fingerprint density at radius 1 is 1.18 bits per heavy atom. The summed E-state index contributed by atoms with van der Waals surface area (Å²) in [5.41, 5.74) is 9.33. The average molecular weight is 549 g/mol. The van der Waals surface area contributed by atoms with Gasteiger partial charge in [-0.3, -0.25) is 20.5 Å². The number of carbonyl (C=O) groups excluding carboxylic acids is 2. The van der Waals surface area contributed by atoms with Gasteiger partial charge >= 0.3 is 6.03 Å². The Balaban J connectivity index is 1.27. The van der Waals surface area contributed by atoms with E-state index in [0.29, 0.717) is 44.5 Å². The average Bonchev–Trinajstić information content (AvgIpc) is 3.77. The number of aryl methyl sites for hydroxylation is 1. The van der Waals surface area contributed by atoms with E-state index in [0.717, 1.165) is 62.2 Å². The highest BCUT2D eigenvalue weighted by Crippen LogP contribution is 2.40. The van der Waals surface area contributed by atoms with Crippen molar-refractivity contribution < 1.29 is 19.1 Å². The smallest absolute Gasteiger partial charge is 0.326 e. The summed E-state index contributed by atoms with van der Waals surface area (Å²) in [6.45, 7) is 6.78. The van der Waals surface area contributed by atoms with Crippen molar-refractivity contribution in [2.75, 3.05) is 51.3 Å². The maximum absolute atomic E-state index is 14.2. The molecule has 5 heterocycles. The number of hydrazine groups is 1. The summed E-state index contributed by atoms with van der Waals surface area (Å²) in [6, 6.07) is 12.0. The Hall–Kier alpha value is -3.21. The number of rotatable bonds is 7. The molecule has 4 aliphatic heterocycles. The van der Waals surface area contributed by atoms with Crippen molar-refractivity contribution in [1.29, 1.82) is 0 Å². The molecule has 4 saturated heterocycles. The normalized spacial score (nSPS) is 23.0. The second-order valence-corrected chi connectivity index (χ2v) is 11.4. The first-order valence-corrected chi connectivity index (χ1v) is 14.6. The predicted molar refractivity (Wildman–Crippen MR) is 151 cm³/mol. The summed E-state index contributed by atoms with van der Waals surface area (Å²) in [7, 11) is 1.66. The van der Waals surface area contributed by atoms with Gasteiger partial charge in [0.1, 0.15) is 17.7 Å². The number of aromatic nitrogens is 1. The van der Waals surface area contributed by atoms with Gasteiger partial charge in [0.05, 0.1) is 19.2 Å². The molecule has 0 radical (unpaired) electrons. The highest BCUT2D eigenvalue weighted by Gasteiger charge is 2.52. The highest BCUT2D eigenvalue weighted by molar-refractivity contribution is 5.94. The molecule has 0 aliphatic carbocycles. The van der Waals surface area contributed by atoms with Gasteiger partial charge in [0.2, 0.25) is 0 Å². The molecule has 0 bridgehead atoms. The zero-order valence-electron chi connectivity index (χ0n) is 23.5. The fourth-order valence-corrected chi connectivity index (χ4v) is 6.70. The first-order valence-electron chi connectivity index (χ1n) is 14.6. The Labute approximate surface area is 236 Å². The van der Waals surface area contributed by atoms with Crippen LogP contribution in [0.1, 0.15) is 55.3 Å². The number of ether oxygens (including phenoxy) is 2. The molecule has 0 saturated carbocycles. The number of amides is 3. The number of pyridine rings is 1. The Kier molecular flexibility index (Phi) is 7.65. The van der Waals surface area contributed by atoms with E-state index in [4.69, 9.17) is 14.5 Å². The molecule has 40 heavy (non-hydrogen) atoms. The lowest BCUT2D eigenvalue weighted by atomic mass is 9.86. The van der Waals surface area contributed by atoms with Crippen molar-refractivity contribution in [3.63, 3.8) is 0 Å². The minimum absolute atomic E-state index is 0.0341. The molecule has 6 rings (SSSR count). The largest absolute Gasteiger partial charge is 0.497 e. The number of piperidine rings is 1. The first kappa shape index (κ1) is 27.0. The Morgan fingerprint density at radius 3 is 2.67 bits per heavy atom. The lowest BCUT2D eigenvalue weighted by Gasteiger charge is -2.44. The number of hydrogen-bond donors (Lipinski definition) is 2. The topological polar surface area (TPSA) is 99.3 Å². The van der Waals surface area contributed by atoms with Gasteiger partial charge in [-0.15, -0.1) is 0 Å². The van der Waals surface area contributed by atoms with Crippen LogP contribution in [0, 0.1) is 0 Å². The SMILES string of the molecule is CCc1nc(N2CC3(CCN(C(=O)C4CCCO4)CC3)N(Cc3cccc(OC)c3)C2=O)ccc1C1CNNC1. The van der Waals surface area contributed by atoms with Gasteiger partial charge in [-0.05, 0) is 61.4 Å². The number of nitrogens with zero attached hydrogens (tertiary/aromatic N) is 4. The summed E-state index contributed by atoms with van der Waals surface area (Å²) in [4.78, 5) is 38.1. The molecule has 214 valence electrons. The molecular weight excluding hydrogens is 508 g/mol. The Bertz CT molecular complexity index is 1230. The number of likely N-dealkylation sites (tertiary alicyclic amines) is 1. The van der Waals surface area contributed by atoms with E-state index in [1.54, 1.807) is 7.11 Å². The van der Waals surface area contributed by atoms with Gasteiger partial charge < -0.3 is 19.3 Å². The van der Waals surface area contributed by atoms with E-state index in [1.807, 2.05) is 45.0 Å². The van der Waals surface area contributed by atoms with Crippen LogP contribution in [-0.2, 0) is 22.5 Å². The van der Waals surface area contributed by atoms with E-state index in [-0.39, 0.29) is 23.6 Å². The molecule has 1 atom stereocenters. The molecule has 1 aromatic heterocycles. The third kappa shape index (κ3) is 5.04. The van der Waals surface area contributed by atoms with E-state index in [1.165, 1.54) is 5.56 Å². The second kappa shape index (κ2) is 11.3. The summed E-state index contributed by atoms with van der Waals surface area (Å²) in [5.74, 6) is 1.93. The first-order chi connectivity index (χ1) is 19.5. The molecular formula is C30H40N6O4. The number of benzene rings is 1. The summed E-state index contributed by atoms with van der Waals surface area (Å²) in [5, 5.41) is 0. The van der Waals surface area contributed by atoms with Gasteiger partial charge in [0.15, 0.2) is 0 Å². The minimum atomic E-state index is -0.389. The van der Waals surface area contributed by atoms with Gasteiger partial charge in [0.25, 0.3) is 5.91 Å². The van der Waals surface area contributed by atoms with Crippen LogP contribution in [-0.4, -0.2) is 84.8 Å². The maximum Gasteiger partial charge on any atom is 0.326 e. The lowest BCUT2D eigenvalue weighted by molar-refractivity contribution is -0.143. The number of carbonyl (C=O) groups is 2. The predicted octanol–water partition coefficient (Wildman–Crippen LogP) is 2.83. The molecule has 3 amide bonds. The van der Waals surface area contributed by atoms with Gasteiger partial charge in [-0.1, -0.05) is 25.1 Å². The monoisotopic (exact) mass is 548 g/mol. The third-order valence-electron chi connectivity index (χ3n) is 9.04. The molecule has 10 nitrogen and oxygen atoms in total. The summed E-state index contributed by atoms with van der Waals surface area (Å²) < 4.78 is 11.1. The standard InChI is InChI=1S/C30H40N6O4/c1-3-25-24(22-17-31-32-18-22)9-10-27(33-25)35-20-30(11-13-34(14-12-30)28(37)26-8-5-15-40-26)36(29(35)38)19-21-6-4-7-23(16-21)39-2/h4,6-7,9-10,16,22,26,31-32H,3,5,8,11-15,17-20H2,1-2H3. The van der Waals surface area contributed by atoms with Crippen LogP contribution in [0.3, 0.4) is 0 Å². The summed E-state index contributed by atoms with van der Waals surface area (Å²) >= 11 is 0. The highest BCUT2D eigenvalue weighted by atomic mass is 16.5. The molecule has 4 fully saturated rings. The van der Waals surface area contributed by atoms with Crippen LogP contribution in [0.15, 0.2) is 36.4 Å². The van der Waals surface area contributed by atoms with Gasteiger partial charge in [0, 0.05) is 50.9 Å². The molecule has 2 aromatic rings. The maximum atomic E-state index is 14.2.